The third-order valence-electron chi connectivity index (χ3n) is 4.15. The van der Waals surface area contributed by atoms with Crippen LogP contribution in [0, 0.1) is 11.8 Å². The van der Waals surface area contributed by atoms with Gasteiger partial charge in [-0.25, -0.2) is 0 Å². The highest BCUT2D eigenvalue weighted by molar-refractivity contribution is 5.79. The molecule has 3 nitrogen and oxygen atoms in total. The largest absolute Gasteiger partial charge is 0.458 e. The molecule has 2 aliphatic heterocycles. The van der Waals surface area contributed by atoms with Crippen LogP contribution < -0.4 is 0 Å². The summed E-state index contributed by atoms with van der Waals surface area (Å²) in [6, 6.07) is 0. The number of piperidine rings is 1. The van der Waals surface area contributed by atoms with Crippen molar-refractivity contribution in [1.29, 1.82) is 0 Å². The van der Waals surface area contributed by atoms with Crippen LogP contribution in [-0.2, 0) is 9.53 Å². The Morgan fingerprint density at radius 3 is 2.75 bits per heavy atom. The van der Waals surface area contributed by atoms with Crippen molar-refractivity contribution in [3.05, 3.63) is 24.3 Å². The van der Waals surface area contributed by atoms with Crippen molar-refractivity contribution in [2.45, 2.75) is 18.4 Å². The molecule has 2 unspecified atom stereocenters. The minimum atomic E-state index is -0.213. The molecule has 0 aromatic carbocycles. The van der Waals surface area contributed by atoms with E-state index in [-0.39, 0.29) is 23.4 Å². The number of carbonyl (C=O) groups is 1. The quantitative estimate of drug-likeness (QED) is 0.576. The van der Waals surface area contributed by atoms with E-state index in [9.17, 15) is 4.79 Å². The summed E-state index contributed by atoms with van der Waals surface area (Å²) >= 11 is 0. The fourth-order valence-corrected chi connectivity index (χ4v) is 3.10. The number of allylic oxidation sites excluding steroid dienone is 2. The molecule has 0 aromatic heterocycles. The summed E-state index contributed by atoms with van der Waals surface area (Å²) in [4.78, 5) is 14.1. The first-order valence-corrected chi connectivity index (χ1v) is 5.98. The topological polar surface area (TPSA) is 29.5 Å². The first-order chi connectivity index (χ1) is 7.71. The molecule has 0 bridgehead atoms. The van der Waals surface area contributed by atoms with Gasteiger partial charge in [-0.05, 0) is 7.05 Å². The lowest BCUT2D eigenvalue weighted by Gasteiger charge is -2.40. The zero-order valence-corrected chi connectivity index (χ0v) is 9.56. The van der Waals surface area contributed by atoms with Crippen LogP contribution in [0.4, 0.5) is 0 Å². The first-order valence-electron chi connectivity index (χ1n) is 5.98. The third kappa shape index (κ3) is 1.34. The minimum absolute atomic E-state index is 0.0323. The molecule has 0 radical (unpaired) electrons. The van der Waals surface area contributed by atoms with E-state index in [0.717, 1.165) is 25.9 Å². The van der Waals surface area contributed by atoms with Crippen molar-refractivity contribution in [3.8, 4) is 0 Å². The predicted octanol–water partition coefficient (Wildman–Crippen LogP) is 1.37. The first kappa shape index (κ1) is 10.1. The molecule has 0 aromatic rings. The zero-order valence-electron chi connectivity index (χ0n) is 9.56. The van der Waals surface area contributed by atoms with Gasteiger partial charge in [0.2, 0.25) is 0 Å². The summed E-state index contributed by atoms with van der Waals surface area (Å²) in [7, 11) is 2.12. The van der Waals surface area contributed by atoms with E-state index in [1.54, 1.807) is 0 Å². The standard InChI is InChI=1S/C13H17NO2/c1-14-8-6-13(7-9-14)11-5-3-2-4-10(11)12(15)16-13/h2-5,10-11H,6-9H2,1H3. The van der Waals surface area contributed by atoms with Crippen molar-refractivity contribution in [1.82, 2.24) is 4.90 Å². The summed E-state index contributed by atoms with van der Waals surface area (Å²) in [6.07, 6.45) is 10.1. The highest BCUT2D eigenvalue weighted by atomic mass is 16.6. The number of ether oxygens (including phenoxy) is 1. The number of rotatable bonds is 0. The normalized spacial score (nSPS) is 36.4. The molecule has 3 rings (SSSR count). The van der Waals surface area contributed by atoms with Crippen LogP contribution in [0.25, 0.3) is 0 Å². The van der Waals surface area contributed by atoms with Crippen LogP contribution in [0.15, 0.2) is 24.3 Å². The van der Waals surface area contributed by atoms with E-state index in [4.69, 9.17) is 4.74 Å². The fraction of sp³-hybridized carbons (Fsp3) is 0.615. The van der Waals surface area contributed by atoms with Gasteiger partial charge in [0.25, 0.3) is 0 Å². The van der Waals surface area contributed by atoms with Crippen molar-refractivity contribution >= 4 is 5.97 Å². The number of hydrogen-bond acceptors (Lipinski definition) is 3. The Kier molecular flexibility index (Phi) is 2.18. The Labute approximate surface area is 95.8 Å². The van der Waals surface area contributed by atoms with Crippen LogP contribution in [-0.4, -0.2) is 36.6 Å². The van der Waals surface area contributed by atoms with Crippen molar-refractivity contribution in [3.63, 3.8) is 0 Å². The Bertz CT molecular complexity index is 364. The van der Waals surface area contributed by atoms with E-state index in [0.29, 0.717) is 0 Å². The van der Waals surface area contributed by atoms with E-state index in [2.05, 4.69) is 18.0 Å². The SMILES string of the molecule is CN1CCC2(CC1)OC(=O)C1C=CC=CC12. The van der Waals surface area contributed by atoms with E-state index < -0.39 is 0 Å². The van der Waals surface area contributed by atoms with Gasteiger partial charge in [0.15, 0.2) is 0 Å². The van der Waals surface area contributed by atoms with Gasteiger partial charge in [-0.3, -0.25) is 4.79 Å². The minimum Gasteiger partial charge on any atom is -0.458 e. The Hall–Kier alpha value is -1.09. The summed E-state index contributed by atoms with van der Waals surface area (Å²) in [5, 5.41) is 0. The Morgan fingerprint density at radius 2 is 2.00 bits per heavy atom. The van der Waals surface area contributed by atoms with Gasteiger partial charge in [-0.15, -0.1) is 0 Å². The molecule has 2 heterocycles. The second-order valence-corrected chi connectivity index (χ2v) is 5.11. The predicted molar refractivity (Wildman–Crippen MR) is 60.8 cm³/mol. The van der Waals surface area contributed by atoms with Gasteiger partial charge in [-0.2, -0.15) is 0 Å². The van der Waals surface area contributed by atoms with Crippen LogP contribution in [0.5, 0.6) is 0 Å². The number of likely N-dealkylation sites (tertiary alicyclic amines) is 1. The summed E-state index contributed by atoms with van der Waals surface area (Å²) < 4.78 is 5.72. The highest BCUT2D eigenvalue weighted by Crippen LogP contribution is 2.46. The summed E-state index contributed by atoms with van der Waals surface area (Å²) in [6.45, 7) is 2.04. The number of fused-ring (bicyclic) bond motifs is 2. The Morgan fingerprint density at radius 1 is 1.31 bits per heavy atom. The molecular weight excluding hydrogens is 202 g/mol. The molecule has 86 valence electrons. The second-order valence-electron chi connectivity index (χ2n) is 5.11. The molecule has 1 spiro atoms. The molecule has 3 aliphatic rings. The van der Waals surface area contributed by atoms with Gasteiger partial charge in [0, 0.05) is 31.8 Å². The smallest absolute Gasteiger partial charge is 0.314 e. The van der Waals surface area contributed by atoms with Crippen LogP contribution in [0.1, 0.15) is 12.8 Å². The molecule has 0 N–H and O–H groups in total. The maximum absolute atomic E-state index is 11.8. The molecule has 2 saturated heterocycles. The van der Waals surface area contributed by atoms with Crippen LogP contribution in [0.3, 0.4) is 0 Å². The van der Waals surface area contributed by atoms with Crippen LogP contribution >= 0.6 is 0 Å². The second kappa shape index (κ2) is 3.45. The maximum atomic E-state index is 11.8. The summed E-state index contributed by atoms with van der Waals surface area (Å²) in [5.41, 5.74) is -0.213. The van der Waals surface area contributed by atoms with Crippen molar-refractivity contribution < 1.29 is 9.53 Å². The van der Waals surface area contributed by atoms with Gasteiger partial charge in [0.05, 0.1) is 5.92 Å². The molecular formula is C13H17NO2. The van der Waals surface area contributed by atoms with Gasteiger partial charge < -0.3 is 9.64 Å². The van der Waals surface area contributed by atoms with Gasteiger partial charge in [0.1, 0.15) is 5.60 Å². The Balaban J connectivity index is 1.89. The maximum Gasteiger partial charge on any atom is 0.314 e. The molecule has 1 aliphatic carbocycles. The van der Waals surface area contributed by atoms with E-state index in [1.165, 1.54) is 0 Å². The lowest BCUT2D eigenvalue weighted by molar-refractivity contribution is -0.153. The zero-order chi connectivity index (χ0) is 11.2. The van der Waals surface area contributed by atoms with E-state index in [1.807, 2.05) is 18.2 Å². The fourth-order valence-electron chi connectivity index (χ4n) is 3.10. The molecule has 3 heteroatoms. The summed E-state index contributed by atoms with van der Waals surface area (Å²) in [5.74, 6) is 0.197. The van der Waals surface area contributed by atoms with Crippen LogP contribution in [0.2, 0.25) is 0 Å². The molecule has 2 fully saturated rings. The third-order valence-corrected chi connectivity index (χ3v) is 4.15. The lowest BCUT2D eigenvalue weighted by atomic mass is 9.74. The van der Waals surface area contributed by atoms with Crippen molar-refractivity contribution in [2.75, 3.05) is 20.1 Å². The van der Waals surface area contributed by atoms with Gasteiger partial charge >= 0.3 is 5.97 Å². The number of esters is 1. The van der Waals surface area contributed by atoms with E-state index >= 15 is 0 Å². The number of hydrogen-bond donors (Lipinski definition) is 0. The highest BCUT2D eigenvalue weighted by Gasteiger charge is 2.54. The molecule has 16 heavy (non-hydrogen) atoms. The number of carbonyl (C=O) groups excluding carboxylic acids is 1. The van der Waals surface area contributed by atoms with Crippen molar-refractivity contribution in [2.24, 2.45) is 11.8 Å². The average Bonchev–Trinajstić information content (AvgIpc) is 2.58. The molecule has 0 amide bonds. The lowest BCUT2D eigenvalue weighted by Crippen LogP contribution is -2.46. The number of nitrogens with zero attached hydrogens (tertiary/aromatic N) is 1. The molecule has 0 saturated carbocycles. The monoisotopic (exact) mass is 219 g/mol. The average molecular weight is 219 g/mol. The molecule has 2 atom stereocenters. The van der Waals surface area contributed by atoms with Gasteiger partial charge in [-0.1, -0.05) is 24.3 Å².